The Hall–Kier alpha value is -2.68. The van der Waals surface area contributed by atoms with Crippen molar-refractivity contribution in [1.82, 2.24) is 0 Å². The predicted molar refractivity (Wildman–Crippen MR) is 76.8 cm³/mol. The van der Waals surface area contributed by atoms with Crippen LogP contribution in [0.1, 0.15) is 0 Å². The number of hydrogen-bond acceptors (Lipinski definition) is 5. The highest BCUT2D eigenvalue weighted by molar-refractivity contribution is 7.87. The lowest BCUT2D eigenvalue weighted by Gasteiger charge is -2.11. The molecule has 1 amide bonds. The smallest absolute Gasteiger partial charge is 0.427 e. The van der Waals surface area contributed by atoms with Crippen molar-refractivity contribution in [1.29, 1.82) is 0 Å². The summed E-state index contributed by atoms with van der Waals surface area (Å²) in [5, 5.41) is 2.20. The van der Waals surface area contributed by atoms with Crippen LogP contribution in [0.5, 0.6) is 5.75 Å². The van der Waals surface area contributed by atoms with Crippen LogP contribution in [0, 0.1) is 0 Å². The minimum atomic E-state index is -4.63. The molecule has 1 N–H and O–H groups in total. The van der Waals surface area contributed by atoms with Gasteiger partial charge in [0, 0.05) is 5.69 Å². The minimum absolute atomic E-state index is 0.310. The maximum atomic E-state index is 12.3. The van der Waals surface area contributed by atoms with Crippen LogP contribution in [0.3, 0.4) is 0 Å². The number of hydrogen-bond donors (Lipinski definition) is 1. The number of para-hydroxylation sites is 2. The van der Waals surface area contributed by atoms with E-state index in [-0.39, 0.29) is 0 Å². The highest BCUT2D eigenvalue weighted by atomic mass is 32.2. The number of ether oxygens (including phenoxy) is 1. The van der Waals surface area contributed by atoms with Crippen LogP contribution in [0.25, 0.3) is 0 Å². The first-order valence-electron chi connectivity index (χ1n) is 6.23. The number of carbonyl (C=O) groups excluding carboxylic acids is 1. The van der Waals surface area contributed by atoms with E-state index in [0.29, 0.717) is 5.69 Å². The number of amides is 1. The zero-order valence-corrected chi connectivity index (χ0v) is 12.3. The molecule has 0 unspecified atom stereocenters. The molecule has 0 heterocycles. The minimum Gasteiger partial charge on any atom is -0.433 e. The first-order chi connectivity index (χ1) is 10.9. The van der Waals surface area contributed by atoms with Gasteiger partial charge in [-0.3, -0.25) is 5.32 Å². The fraction of sp³-hybridized carbons (Fsp3) is 0.0714. The second kappa shape index (κ2) is 7.05. The predicted octanol–water partition coefficient (Wildman–Crippen LogP) is 3.23. The number of nitrogens with one attached hydrogen (secondary N) is 1. The fourth-order valence-corrected chi connectivity index (χ4v) is 2.59. The molecule has 0 bridgehead atoms. The van der Waals surface area contributed by atoms with Crippen molar-refractivity contribution < 1.29 is 30.9 Å². The third-order valence-electron chi connectivity index (χ3n) is 2.54. The lowest BCUT2D eigenvalue weighted by atomic mass is 10.3. The Balaban J connectivity index is 2.17. The van der Waals surface area contributed by atoms with E-state index in [4.69, 9.17) is 0 Å². The van der Waals surface area contributed by atoms with Gasteiger partial charge in [0.1, 0.15) is 10.6 Å². The summed E-state index contributed by atoms with van der Waals surface area (Å²) in [4.78, 5) is 11.0. The highest BCUT2D eigenvalue weighted by Crippen LogP contribution is 2.26. The summed E-state index contributed by atoms with van der Waals surface area (Å²) in [6.45, 7) is -3.22. The quantitative estimate of drug-likeness (QED) is 0.843. The van der Waals surface area contributed by atoms with Crippen LogP contribution in [-0.4, -0.2) is 21.1 Å². The number of alkyl halides is 2. The molecule has 2 aromatic carbocycles. The second-order valence-corrected chi connectivity index (χ2v) is 5.66. The number of rotatable bonds is 5. The Morgan fingerprint density at radius 1 is 1.00 bits per heavy atom. The van der Waals surface area contributed by atoms with E-state index in [1.165, 1.54) is 24.3 Å². The van der Waals surface area contributed by atoms with Crippen molar-refractivity contribution in [2.24, 2.45) is 0 Å². The number of carbonyl (C=O) groups is 1. The molecule has 0 fully saturated rings. The number of halogens is 2. The zero-order valence-electron chi connectivity index (χ0n) is 11.5. The Kier molecular flexibility index (Phi) is 5.12. The molecule has 9 heteroatoms. The lowest BCUT2D eigenvalue weighted by molar-refractivity contribution is -0.0518. The van der Waals surface area contributed by atoms with Crippen LogP contribution in [0.2, 0.25) is 0 Å². The Bertz CT molecular complexity index is 781. The van der Waals surface area contributed by atoms with E-state index in [2.05, 4.69) is 14.2 Å². The van der Waals surface area contributed by atoms with Crippen molar-refractivity contribution in [3.8, 4) is 5.75 Å². The first kappa shape index (κ1) is 16.7. The molecule has 23 heavy (non-hydrogen) atoms. The molecule has 2 rings (SSSR count). The van der Waals surface area contributed by atoms with Gasteiger partial charge in [-0.05, 0) is 24.3 Å². The molecule has 0 aliphatic rings. The molecular formula is C14H11F2NO5S. The molecule has 0 saturated heterocycles. The third kappa shape index (κ3) is 4.65. The highest BCUT2D eigenvalue weighted by Gasteiger charge is 2.25. The summed E-state index contributed by atoms with van der Waals surface area (Å²) >= 11 is 0. The van der Waals surface area contributed by atoms with Gasteiger partial charge in [-0.15, -0.1) is 0 Å². The van der Waals surface area contributed by atoms with E-state index >= 15 is 0 Å². The van der Waals surface area contributed by atoms with E-state index in [1.807, 2.05) is 0 Å². The summed E-state index contributed by atoms with van der Waals surface area (Å²) < 4.78 is 57.1. The van der Waals surface area contributed by atoms with Gasteiger partial charge in [-0.2, -0.15) is 17.2 Å². The Morgan fingerprint density at radius 2 is 1.61 bits per heavy atom. The van der Waals surface area contributed by atoms with Gasteiger partial charge in [0.25, 0.3) is 0 Å². The van der Waals surface area contributed by atoms with Gasteiger partial charge in [-0.1, -0.05) is 30.3 Å². The van der Waals surface area contributed by atoms with Crippen molar-refractivity contribution in [2.45, 2.75) is 11.5 Å². The molecule has 2 aromatic rings. The van der Waals surface area contributed by atoms with Crippen LogP contribution in [-0.2, 0) is 14.3 Å². The lowest BCUT2D eigenvalue weighted by Crippen LogP contribution is -2.19. The number of anilines is 1. The summed E-state index contributed by atoms with van der Waals surface area (Å²) in [6.07, 6.45) is -1.27. The van der Waals surface area contributed by atoms with Gasteiger partial charge in [0.2, 0.25) is 0 Å². The maximum absolute atomic E-state index is 12.3. The van der Waals surface area contributed by atoms with E-state index < -0.39 is 33.5 Å². The van der Waals surface area contributed by atoms with Crippen LogP contribution in [0.15, 0.2) is 59.5 Å². The standard InChI is InChI=1S/C14H11F2NO5S/c15-13(16)21-11-8-4-5-9-12(11)23(19,20)22-14(18)17-10-6-2-1-3-7-10/h1-9,13H,(H,17,18). The summed E-state index contributed by atoms with van der Waals surface area (Å²) in [7, 11) is -4.63. The van der Waals surface area contributed by atoms with E-state index in [9.17, 15) is 22.0 Å². The second-order valence-electron chi connectivity index (χ2n) is 4.14. The molecule has 0 aliphatic heterocycles. The normalized spacial score (nSPS) is 11.1. The average molecular weight is 343 g/mol. The fourth-order valence-electron chi connectivity index (χ4n) is 1.65. The first-order valence-corrected chi connectivity index (χ1v) is 7.63. The van der Waals surface area contributed by atoms with E-state index in [1.54, 1.807) is 18.2 Å². The molecule has 0 spiro atoms. The topological polar surface area (TPSA) is 81.7 Å². The van der Waals surface area contributed by atoms with Gasteiger partial charge < -0.3 is 8.92 Å². The molecular weight excluding hydrogens is 332 g/mol. The molecule has 0 atom stereocenters. The van der Waals surface area contributed by atoms with Crippen molar-refractivity contribution in [3.63, 3.8) is 0 Å². The van der Waals surface area contributed by atoms with Crippen LogP contribution >= 0.6 is 0 Å². The molecule has 0 aliphatic carbocycles. The molecule has 0 radical (unpaired) electrons. The monoisotopic (exact) mass is 343 g/mol. The van der Waals surface area contributed by atoms with Gasteiger partial charge in [-0.25, -0.2) is 4.79 Å². The SMILES string of the molecule is O=C(Nc1ccccc1)OS(=O)(=O)c1ccccc1OC(F)F. The van der Waals surface area contributed by atoms with Crippen LogP contribution in [0.4, 0.5) is 19.3 Å². The summed E-state index contributed by atoms with van der Waals surface area (Å²) in [5.41, 5.74) is 0.310. The summed E-state index contributed by atoms with van der Waals surface area (Å²) in [6, 6.07) is 12.6. The van der Waals surface area contributed by atoms with Gasteiger partial charge in [0.05, 0.1) is 0 Å². The van der Waals surface area contributed by atoms with E-state index in [0.717, 1.165) is 12.1 Å². The van der Waals surface area contributed by atoms with Crippen molar-refractivity contribution >= 4 is 21.9 Å². The Morgan fingerprint density at radius 3 is 2.26 bits per heavy atom. The molecule has 122 valence electrons. The molecule has 6 nitrogen and oxygen atoms in total. The van der Waals surface area contributed by atoms with Crippen molar-refractivity contribution in [2.75, 3.05) is 5.32 Å². The largest absolute Gasteiger partial charge is 0.433 e. The maximum Gasteiger partial charge on any atom is 0.427 e. The Labute approximate surface area is 130 Å². The van der Waals surface area contributed by atoms with Gasteiger partial charge in [0.15, 0.2) is 0 Å². The average Bonchev–Trinajstić information content (AvgIpc) is 2.47. The number of benzene rings is 2. The summed E-state index contributed by atoms with van der Waals surface area (Å²) in [5.74, 6) is -0.616. The zero-order chi connectivity index (χ0) is 16.9. The van der Waals surface area contributed by atoms with Crippen molar-refractivity contribution in [3.05, 3.63) is 54.6 Å². The third-order valence-corrected chi connectivity index (χ3v) is 3.79. The van der Waals surface area contributed by atoms with Crippen LogP contribution < -0.4 is 10.1 Å². The molecule has 0 aromatic heterocycles. The van der Waals surface area contributed by atoms with Gasteiger partial charge >= 0.3 is 22.8 Å². The molecule has 0 saturated carbocycles.